The van der Waals surface area contributed by atoms with E-state index < -0.39 is 0 Å². The molecule has 1 aliphatic heterocycles. The van der Waals surface area contributed by atoms with E-state index in [4.69, 9.17) is 21.6 Å². The monoisotopic (exact) mass is 301 g/mol. The second kappa shape index (κ2) is 6.12. The van der Waals surface area contributed by atoms with Gasteiger partial charge in [-0.05, 0) is 36.1 Å². The lowest BCUT2D eigenvalue weighted by Crippen LogP contribution is -2.27. The Bertz CT molecular complexity index is 652. The SMILES string of the molecule is CC(C)c1nc(Cc2ccccc2Cl)nc2c1CCNC2. The number of benzene rings is 1. The topological polar surface area (TPSA) is 37.8 Å². The van der Waals surface area contributed by atoms with Gasteiger partial charge in [0.15, 0.2) is 0 Å². The van der Waals surface area contributed by atoms with Gasteiger partial charge in [0.25, 0.3) is 0 Å². The molecule has 1 aromatic carbocycles. The number of aromatic nitrogens is 2. The van der Waals surface area contributed by atoms with Crippen molar-refractivity contribution in [1.82, 2.24) is 15.3 Å². The number of nitrogens with zero attached hydrogens (tertiary/aromatic N) is 2. The number of hydrogen-bond donors (Lipinski definition) is 1. The van der Waals surface area contributed by atoms with Crippen LogP contribution in [-0.2, 0) is 19.4 Å². The van der Waals surface area contributed by atoms with E-state index in [0.29, 0.717) is 12.3 Å². The van der Waals surface area contributed by atoms with E-state index >= 15 is 0 Å². The average Bonchev–Trinajstić information content (AvgIpc) is 2.48. The van der Waals surface area contributed by atoms with E-state index in [-0.39, 0.29) is 0 Å². The molecule has 1 N–H and O–H groups in total. The first-order valence-corrected chi connectivity index (χ1v) is 7.85. The van der Waals surface area contributed by atoms with E-state index in [1.165, 1.54) is 11.3 Å². The molecule has 2 aromatic rings. The van der Waals surface area contributed by atoms with Gasteiger partial charge in [-0.15, -0.1) is 0 Å². The molecule has 2 heterocycles. The van der Waals surface area contributed by atoms with E-state index in [0.717, 1.165) is 41.6 Å². The van der Waals surface area contributed by atoms with Crippen LogP contribution in [0.25, 0.3) is 0 Å². The molecular formula is C17H20ClN3. The number of fused-ring (bicyclic) bond motifs is 1. The summed E-state index contributed by atoms with van der Waals surface area (Å²) in [6.07, 6.45) is 1.71. The van der Waals surface area contributed by atoms with Gasteiger partial charge >= 0.3 is 0 Å². The van der Waals surface area contributed by atoms with Crippen molar-refractivity contribution in [3.63, 3.8) is 0 Å². The highest BCUT2D eigenvalue weighted by Gasteiger charge is 2.19. The van der Waals surface area contributed by atoms with Crippen LogP contribution < -0.4 is 5.32 Å². The molecule has 3 rings (SSSR count). The van der Waals surface area contributed by atoms with Crippen LogP contribution in [0.15, 0.2) is 24.3 Å². The van der Waals surface area contributed by atoms with Gasteiger partial charge in [-0.25, -0.2) is 9.97 Å². The molecule has 4 heteroatoms. The Kier molecular flexibility index (Phi) is 4.22. The third-order valence-electron chi connectivity index (χ3n) is 3.87. The van der Waals surface area contributed by atoms with Crippen LogP contribution in [-0.4, -0.2) is 16.5 Å². The molecule has 0 aliphatic carbocycles. The van der Waals surface area contributed by atoms with E-state index in [9.17, 15) is 0 Å². The Morgan fingerprint density at radius 1 is 1.24 bits per heavy atom. The number of nitrogens with one attached hydrogen (secondary N) is 1. The summed E-state index contributed by atoms with van der Waals surface area (Å²) in [4.78, 5) is 9.58. The summed E-state index contributed by atoms with van der Waals surface area (Å²) in [5, 5.41) is 4.17. The minimum Gasteiger partial charge on any atom is -0.311 e. The second-order valence-corrected chi connectivity index (χ2v) is 6.21. The molecule has 0 atom stereocenters. The Labute approximate surface area is 130 Å². The van der Waals surface area contributed by atoms with Crippen molar-refractivity contribution in [3.8, 4) is 0 Å². The zero-order chi connectivity index (χ0) is 14.8. The maximum atomic E-state index is 6.25. The zero-order valence-electron chi connectivity index (χ0n) is 12.5. The molecule has 0 radical (unpaired) electrons. The second-order valence-electron chi connectivity index (χ2n) is 5.80. The minimum absolute atomic E-state index is 0.421. The molecule has 0 saturated heterocycles. The fourth-order valence-corrected chi connectivity index (χ4v) is 3.01. The predicted octanol–water partition coefficient (Wildman–Crippen LogP) is 3.49. The molecule has 21 heavy (non-hydrogen) atoms. The normalized spacial score (nSPS) is 14.3. The fourth-order valence-electron chi connectivity index (χ4n) is 2.81. The van der Waals surface area contributed by atoms with E-state index in [1.807, 2.05) is 24.3 Å². The number of rotatable bonds is 3. The molecule has 1 aromatic heterocycles. The molecule has 0 bridgehead atoms. The third kappa shape index (κ3) is 3.09. The Balaban J connectivity index is 1.99. The highest BCUT2D eigenvalue weighted by molar-refractivity contribution is 6.31. The van der Waals surface area contributed by atoms with Gasteiger partial charge in [-0.3, -0.25) is 0 Å². The van der Waals surface area contributed by atoms with Crippen molar-refractivity contribution >= 4 is 11.6 Å². The third-order valence-corrected chi connectivity index (χ3v) is 4.24. The lowest BCUT2D eigenvalue weighted by atomic mass is 9.97. The Hall–Kier alpha value is -1.45. The van der Waals surface area contributed by atoms with Crippen molar-refractivity contribution in [2.24, 2.45) is 0 Å². The van der Waals surface area contributed by atoms with E-state index in [2.05, 4.69) is 19.2 Å². The van der Waals surface area contributed by atoms with Crippen LogP contribution in [0.2, 0.25) is 5.02 Å². The van der Waals surface area contributed by atoms with Gasteiger partial charge < -0.3 is 5.32 Å². The summed E-state index contributed by atoms with van der Waals surface area (Å²) in [6, 6.07) is 7.91. The molecule has 0 fully saturated rings. The largest absolute Gasteiger partial charge is 0.311 e. The van der Waals surface area contributed by atoms with Crippen LogP contribution in [0.4, 0.5) is 0 Å². The van der Waals surface area contributed by atoms with Gasteiger partial charge in [0.1, 0.15) is 5.82 Å². The first kappa shape index (κ1) is 14.5. The first-order chi connectivity index (χ1) is 10.1. The molecule has 110 valence electrons. The standard InChI is InChI=1S/C17H20ClN3/c1-11(2)17-13-7-8-19-10-15(13)20-16(21-17)9-12-5-3-4-6-14(12)18/h3-6,11,19H,7-10H2,1-2H3. The van der Waals surface area contributed by atoms with Crippen molar-refractivity contribution in [1.29, 1.82) is 0 Å². The lowest BCUT2D eigenvalue weighted by Gasteiger charge is -2.21. The summed E-state index contributed by atoms with van der Waals surface area (Å²) in [6.45, 7) is 6.25. The molecule has 0 saturated carbocycles. The molecule has 0 unspecified atom stereocenters. The summed E-state index contributed by atoms with van der Waals surface area (Å²) in [7, 11) is 0. The van der Waals surface area contributed by atoms with Gasteiger partial charge in [-0.2, -0.15) is 0 Å². The molecule has 0 spiro atoms. The highest BCUT2D eigenvalue weighted by atomic mass is 35.5. The van der Waals surface area contributed by atoms with Gasteiger partial charge in [0, 0.05) is 18.0 Å². The Morgan fingerprint density at radius 3 is 2.81 bits per heavy atom. The highest BCUT2D eigenvalue weighted by Crippen LogP contribution is 2.24. The molecule has 1 aliphatic rings. The van der Waals surface area contributed by atoms with Gasteiger partial charge in [0.05, 0.1) is 11.4 Å². The predicted molar refractivity (Wildman–Crippen MR) is 85.8 cm³/mol. The molecular weight excluding hydrogens is 282 g/mol. The average molecular weight is 302 g/mol. The summed E-state index contributed by atoms with van der Waals surface area (Å²) in [5.74, 6) is 1.29. The van der Waals surface area contributed by atoms with Crippen LogP contribution in [0.1, 0.15) is 48.1 Å². The quantitative estimate of drug-likeness (QED) is 0.943. The zero-order valence-corrected chi connectivity index (χ0v) is 13.2. The van der Waals surface area contributed by atoms with Crippen LogP contribution >= 0.6 is 11.6 Å². The van der Waals surface area contributed by atoms with Gasteiger partial charge in [-0.1, -0.05) is 43.6 Å². The van der Waals surface area contributed by atoms with E-state index in [1.54, 1.807) is 0 Å². The number of halogens is 1. The molecule has 3 nitrogen and oxygen atoms in total. The minimum atomic E-state index is 0.421. The molecule has 0 amide bonds. The maximum absolute atomic E-state index is 6.25. The first-order valence-electron chi connectivity index (χ1n) is 7.48. The maximum Gasteiger partial charge on any atom is 0.133 e. The fraction of sp³-hybridized carbons (Fsp3) is 0.412. The van der Waals surface area contributed by atoms with Crippen LogP contribution in [0.5, 0.6) is 0 Å². The van der Waals surface area contributed by atoms with Crippen molar-refractivity contribution in [2.45, 2.75) is 39.2 Å². The lowest BCUT2D eigenvalue weighted by molar-refractivity contribution is 0.601. The van der Waals surface area contributed by atoms with Crippen molar-refractivity contribution in [3.05, 3.63) is 57.6 Å². The summed E-state index contributed by atoms with van der Waals surface area (Å²) >= 11 is 6.25. The van der Waals surface area contributed by atoms with Crippen LogP contribution in [0.3, 0.4) is 0 Å². The van der Waals surface area contributed by atoms with Gasteiger partial charge in [0.2, 0.25) is 0 Å². The van der Waals surface area contributed by atoms with Crippen LogP contribution in [0, 0.1) is 0 Å². The number of hydrogen-bond acceptors (Lipinski definition) is 3. The summed E-state index contributed by atoms with van der Waals surface area (Å²) in [5.41, 5.74) is 4.77. The Morgan fingerprint density at radius 2 is 2.05 bits per heavy atom. The summed E-state index contributed by atoms with van der Waals surface area (Å²) < 4.78 is 0. The smallest absolute Gasteiger partial charge is 0.133 e. The van der Waals surface area contributed by atoms with Crippen molar-refractivity contribution < 1.29 is 0 Å². The van der Waals surface area contributed by atoms with Crippen molar-refractivity contribution in [2.75, 3.05) is 6.54 Å².